The van der Waals surface area contributed by atoms with Crippen molar-refractivity contribution in [3.05, 3.63) is 35.4 Å². The van der Waals surface area contributed by atoms with E-state index < -0.39 is 0 Å². The summed E-state index contributed by atoms with van der Waals surface area (Å²) in [6, 6.07) is 8.59. The molecule has 1 aromatic rings. The van der Waals surface area contributed by atoms with Gasteiger partial charge in [0.15, 0.2) is 5.96 Å². The number of hydrogen-bond donors (Lipinski definition) is 2. The van der Waals surface area contributed by atoms with Crippen LogP contribution in [-0.4, -0.2) is 44.1 Å². The molecule has 1 heterocycles. The SMILES string of the molecule is CCCN1CCC(CNC(=NC)NCc2cccc(C)c2)CC1.I. The lowest BCUT2D eigenvalue weighted by Crippen LogP contribution is -2.42. The standard InChI is InChI=1S/C19H32N4.HI/c1-4-10-23-11-8-17(9-12-23)14-21-19(20-3)22-15-18-7-5-6-16(2)13-18;/h5-7,13,17H,4,8-12,14-15H2,1-3H3,(H2,20,21,22);1H. The molecule has 1 aliphatic rings. The molecule has 1 aromatic carbocycles. The van der Waals surface area contributed by atoms with Crippen LogP contribution >= 0.6 is 24.0 Å². The summed E-state index contributed by atoms with van der Waals surface area (Å²) >= 11 is 0. The number of aryl methyl sites for hydroxylation is 1. The number of likely N-dealkylation sites (tertiary alicyclic amines) is 1. The predicted molar refractivity (Wildman–Crippen MR) is 114 cm³/mol. The third-order valence-corrected chi connectivity index (χ3v) is 4.57. The Hall–Kier alpha value is -0.820. The van der Waals surface area contributed by atoms with Crippen LogP contribution in [0.3, 0.4) is 0 Å². The fourth-order valence-electron chi connectivity index (χ4n) is 3.20. The van der Waals surface area contributed by atoms with Crippen molar-refractivity contribution in [3.63, 3.8) is 0 Å². The van der Waals surface area contributed by atoms with Crippen molar-refractivity contribution in [2.24, 2.45) is 10.9 Å². The first-order chi connectivity index (χ1) is 11.2. The number of aliphatic imine (C=N–C) groups is 1. The van der Waals surface area contributed by atoms with Crippen molar-refractivity contribution in [2.75, 3.05) is 33.2 Å². The Balaban J connectivity index is 0.00000288. The smallest absolute Gasteiger partial charge is 0.191 e. The van der Waals surface area contributed by atoms with Gasteiger partial charge in [-0.2, -0.15) is 0 Å². The highest BCUT2D eigenvalue weighted by Crippen LogP contribution is 2.16. The Morgan fingerprint density at radius 2 is 2.00 bits per heavy atom. The molecule has 136 valence electrons. The lowest BCUT2D eigenvalue weighted by atomic mass is 9.97. The Morgan fingerprint density at radius 1 is 1.25 bits per heavy atom. The molecule has 0 unspecified atom stereocenters. The van der Waals surface area contributed by atoms with Gasteiger partial charge in [-0.25, -0.2) is 0 Å². The predicted octanol–water partition coefficient (Wildman–Crippen LogP) is 3.40. The number of hydrogen-bond acceptors (Lipinski definition) is 2. The minimum atomic E-state index is 0. The molecule has 5 heteroatoms. The zero-order valence-corrected chi connectivity index (χ0v) is 17.7. The summed E-state index contributed by atoms with van der Waals surface area (Å²) in [6.07, 6.45) is 3.85. The van der Waals surface area contributed by atoms with Gasteiger partial charge in [-0.15, -0.1) is 24.0 Å². The van der Waals surface area contributed by atoms with Crippen LogP contribution < -0.4 is 10.6 Å². The van der Waals surface area contributed by atoms with E-state index in [0.29, 0.717) is 0 Å². The largest absolute Gasteiger partial charge is 0.356 e. The summed E-state index contributed by atoms with van der Waals surface area (Å²) in [5, 5.41) is 6.90. The van der Waals surface area contributed by atoms with E-state index in [-0.39, 0.29) is 24.0 Å². The first kappa shape index (κ1) is 21.2. The molecule has 0 radical (unpaired) electrons. The molecule has 0 aromatic heterocycles. The van der Waals surface area contributed by atoms with Crippen LogP contribution in [0, 0.1) is 12.8 Å². The van der Waals surface area contributed by atoms with Crippen LogP contribution in [-0.2, 0) is 6.54 Å². The molecular formula is C19H33IN4. The summed E-state index contributed by atoms with van der Waals surface area (Å²) in [5.74, 6) is 1.67. The zero-order chi connectivity index (χ0) is 16.5. The molecule has 2 N–H and O–H groups in total. The van der Waals surface area contributed by atoms with Gasteiger partial charge in [0.05, 0.1) is 0 Å². The average molecular weight is 444 g/mol. The molecule has 0 spiro atoms. The van der Waals surface area contributed by atoms with Gasteiger partial charge in [-0.05, 0) is 57.3 Å². The minimum absolute atomic E-state index is 0. The maximum absolute atomic E-state index is 4.34. The fourth-order valence-corrected chi connectivity index (χ4v) is 3.20. The highest BCUT2D eigenvalue weighted by Gasteiger charge is 2.18. The van der Waals surface area contributed by atoms with E-state index in [2.05, 4.69) is 58.6 Å². The molecule has 1 saturated heterocycles. The van der Waals surface area contributed by atoms with Gasteiger partial charge < -0.3 is 15.5 Å². The van der Waals surface area contributed by atoms with Gasteiger partial charge >= 0.3 is 0 Å². The van der Waals surface area contributed by atoms with E-state index >= 15 is 0 Å². The van der Waals surface area contributed by atoms with Crippen LogP contribution in [0.5, 0.6) is 0 Å². The maximum Gasteiger partial charge on any atom is 0.191 e. The van der Waals surface area contributed by atoms with E-state index in [4.69, 9.17) is 0 Å². The molecule has 0 atom stereocenters. The lowest BCUT2D eigenvalue weighted by molar-refractivity contribution is 0.185. The Morgan fingerprint density at radius 3 is 2.62 bits per heavy atom. The van der Waals surface area contributed by atoms with Crippen molar-refractivity contribution < 1.29 is 0 Å². The van der Waals surface area contributed by atoms with Crippen molar-refractivity contribution >= 4 is 29.9 Å². The Kier molecular flexibility index (Phi) is 10.3. The quantitative estimate of drug-likeness (QED) is 0.402. The topological polar surface area (TPSA) is 39.7 Å². The number of piperidine rings is 1. The molecule has 0 amide bonds. The summed E-state index contributed by atoms with van der Waals surface area (Å²) in [6.45, 7) is 9.97. The third-order valence-electron chi connectivity index (χ3n) is 4.57. The average Bonchev–Trinajstić information content (AvgIpc) is 2.57. The Bertz CT molecular complexity index is 496. The number of rotatable bonds is 6. The molecule has 1 aliphatic heterocycles. The summed E-state index contributed by atoms with van der Waals surface area (Å²) in [7, 11) is 1.84. The molecule has 0 saturated carbocycles. The monoisotopic (exact) mass is 444 g/mol. The van der Waals surface area contributed by atoms with Crippen molar-refractivity contribution in [3.8, 4) is 0 Å². The van der Waals surface area contributed by atoms with Crippen LogP contribution in [0.4, 0.5) is 0 Å². The van der Waals surface area contributed by atoms with Crippen molar-refractivity contribution in [1.82, 2.24) is 15.5 Å². The molecular weight excluding hydrogens is 411 g/mol. The molecule has 2 rings (SSSR count). The second kappa shape index (κ2) is 11.7. The molecule has 0 bridgehead atoms. The van der Waals surface area contributed by atoms with Crippen LogP contribution in [0.15, 0.2) is 29.3 Å². The van der Waals surface area contributed by atoms with E-state index in [1.54, 1.807) is 0 Å². The van der Waals surface area contributed by atoms with E-state index in [9.17, 15) is 0 Å². The van der Waals surface area contributed by atoms with E-state index in [1.807, 2.05) is 7.05 Å². The number of benzene rings is 1. The number of halogens is 1. The van der Waals surface area contributed by atoms with Gasteiger partial charge in [-0.3, -0.25) is 4.99 Å². The summed E-state index contributed by atoms with van der Waals surface area (Å²) < 4.78 is 0. The van der Waals surface area contributed by atoms with Crippen molar-refractivity contribution in [2.45, 2.75) is 39.7 Å². The van der Waals surface area contributed by atoms with Gasteiger partial charge in [-0.1, -0.05) is 36.8 Å². The van der Waals surface area contributed by atoms with E-state index in [0.717, 1.165) is 25.0 Å². The third kappa shape index (κ3) is 7.38. The molecule has 1 fully saturated rings. The number of nitrogens with one attached hydrogen (secondary N) is 2. The van der Waals surface area contributed by atoms with Crippen LogP contribution in [0.25, 0.3) is 0 Å². The van der Waals surface area contributed by atoms with Gasteiger partial charge in [0, 0.05) is 20.1 Å². The first-order valence-corrected chi connectivity index (χ1v) is 8.93. The fraction of sp³-hybridized carbons (Fsp3) is 0.632. The van der Waals surface area contributed by atoms with Gasteiger partial charge in [0.1, 0.15) is 0 Å². The summed E-state index contributed by atoms with van der Waals surface area (Å²) in [5.41, 5.74) is 2.59. The van der Waals surface area contributed by atoms with Gasteiger partial charge in [0.25, 0.3) is 0 Å². The van der Waals surface area contributed by atoms with Gasteiger partial charge in [0.2, 0.25) is 0 Å². The highest BCUT2D eigenvalue weighted by molar-refractivity contribution is 14.0. The lowest BCUT2D eigenvalue weighted by Gasteiger charge is -2.32. The second-order valence-corrected chi connectivity index (χ2v) is 6.58. The van der Waals surface area contributed by atoms with E-state index in [1.165, 1.54) is 50.0 Å². The molecule has 4 nitrogen and oxygen atoms in total. The summed E-state index contributed by atoms with van der Waals surface area (Å²) in [4.78, 5) is 6.92. The molecule has 0 aliphatic carbocycles. The number of nitrogens with zero attached hydrogens (tertiary/aromatic N) is 2. The second-order valence-electron chi connectivity index (χ2n) is 6.58. The molecule has 24 heavy (non-hydrogen) atoms. The van der Waals surface area contributed by atoms with Crippen molar-refractivity contribution in [1.29, 1.82) is 0 Å². The first-order valence-electron chi connectivity index (χ1n) is 8.93. The minimum Gasteiger partial charge on any atom is -0.356 e. The highest BCUT2D eigenvalue weighted by atomic mass is 127. The maximum atomic E-state index is 4.34. The Labute approximate surface area is 164 Å². The normalized spacial score (nSPS) is 16.5. The number of guanidine groups is 1. The van der Waals surface area contributed by atoms with Crippen LogP contribution in [0.2, 0.25) is 0 Å². The zero-order valence-electron chi connectivity index (χ0n) is 15.3. The van der Waals surface area contributed by atoms with Crippen LogP contribution in [0.1, 0.15) is 37.3 Å².